The Balaban J connectivity index is 2.15. The summed E-state index contributed by atoms with van der Waals surface area (Å²) in [5.41, 5.74) is 1.22. The number of aromatic nitrogens is 4. The number of rotatable bonds is 3. The summed E-state index contributed by atoms with van der Waals surface area (Å²) in [7, 11) is 0. The average Bonchev–Trinajstić information content (AvgIpc) is 2.67. The first-order chi connectivity index (χ1) is 6.88. The van der Waals surface area contributed by atoms with Crippen molar-refractivity contribution in [1.29, 1.82) is 0 Å². The van der Waals surface area contributed by atoms with Crippen LogP contribution in [0.5, 0.6) is 0 Å². The van der Waals surface area contributed by atoms with Crippen molar-refractivity contribution in [3.63, 3.8) is 0 Å². The summed E-state index contributed by atoms with van der Waals surface area (Å²) in [6.07, 6.45) is 3.97. The van der Waals surface area contributed by atoms with Crippen LogP contribution in [0.25, 0.3) is 0 Å². The first-order valence-corrected chi connectivity index (χ1v) is 4.14. The molecule has 5 nitrogen and oxygen atoms in total. The molecule has 2 aromatic heterocycles. The molecule has 70 valence electrons. The van der Waals surface area contributed by atoms with E-state index in [0.717, 1.165) is 5.69 Å². The fourth-order valence-corrected chi connectivity index (χ4v) is 1.10. The van der Waals surface area contributed by atoms with Crippen LogP contribution in [0.1, 0.15) is 16.2 Å². The van der Waals surface area contributed by atoms with E-state index in [9.17, 15) is 4.79 Å². The summed E-state index contributed by atoms with van der Waals surface area (Å²) >= 11 is 0. The van der Waals surface area contributed by atoms with Crippen molar-refractivity contribution < 1.29 is 4.79 Å². The number of nitrogens with zero attached hydrogens (tertiary/aromatic N) is 4. The van der Waals surface area contributed by atoms with Crippen molar-refractivity contribution in [3.8, 4) is 0 Å². The second kappa shape index (κ2) is 3.78. The van der Waals surface area contributed by atoms with Gasteiger partial charge in [-0.1, -0.05) is 11.3 Å². The molecule has 14 heavy (non-hydrogen) atoms. The number of pyridine rings is 1. The lowest BCUT2D eigenvalue weighted by Gasteiger charge is -1.97. The third-order valence-electron chi connectivity index (χ3n) is 1.73. The molecule has 0 aliphatic heterocycles. The van der Waals surface area contributed by atoms with Crippen molar-refractivity contribution >= 4 is 6.29 Å². The molecule has 2 aromatic rings. The summed E-state index contributed by atoms with van der Waals surface area (Å²) in [5, 5.41) is 7.43. The number of aldehydes is 1. The Kier molecular flexibility index (Phi) is 2.31. The zero-order valence-electron chi connectivity index (χ0n) is 7.37. The highest BCUT2D eigenvalue weighted by Gasteiger charge is 1.99. The van der Waals surface area contributed by atoms with Gasteiger partial charge in [0.2, 0.25) is 0 Å². The smallest absolute Gasteiger partial charge is 0.171 e. The highest BCUT2D eigenvalue weighted by Crippen LogP contribution is 1.97. The van der Waals surface area contributed by atoms with Gasteiger partial charge in [0.25, 0.3) is 0 Å². The Morgan fingerprint density at radius 3 is 3.00 bits per heavy atom. The molecule has 2 rings (SSSR count). The largest absolute Gasteiger partial charge is 0.296 e. The average molecular weight is 188 g/mol. The summed E-state index contributed by atoms with van der Waals surface area (Å²) in [4.78, 5) is 14.5. The Bertz CT molecular complexity index is 423. The topological polar surface area (TPSA) is 60.7 Å². The van der Waals surface area contributed by atoms with Gasteiger partial charge in [-0.2, -0.15) is 0 Å². The number of hydrogen-bond acceptors (Lipinski definition) is 4. The van der Waals surface area contributed by atoms with Crippen LogP contribution >= 0.6 is 0 Å². The maximum Gasteiger partial charge on any atom is 0.171 e. The number of hydrogen-bond donors (Lipinski definition) is 0. The van der Waals surface area contributed by atoms with Crippen LogP contribution in [0.15, 0.2) is 30.6 Å². The second-order valence-corrected chi connectivity index (χ2v) is 2.78. The van der Waals surface area contributed by atoms with Gasteiger partial charge >= 0.3 is 0 Å². The van der Waals surface area contributed by atoms with E-state index in [4.69, 9.17) is 0 Å². The molecule has 0 bridgehead atoms. The van der Waals surface area contributed by atoms with Crippen LogP contribution in [0.4, 0.5) is 0 Å². The molecule has 0 fully saturated rings. The third kappa shape index (κ3) is 1.82. The van der Waals surface area contributed by atoms with Crippen LogP contribution in [-0.4, -0.2) is 26.3 Å². The van der Waals surface area contributed by atoms with E-state index in [1.54, 1.807) is 17.1 Å². The zero-order valence-corrected chi connectivity index (χ0v) is 7.37. The maximum absolute atomic E-state index is 10.3. The van der Waals surface area contributed by atoms with Gasteiger partial charge in [0.05, 0.1) is 18.4 Å². The SMILES string of the molecule is O=Cc1cn(Cc2ccccn2)nn1. The molecule has 0 saturated heterocycles. The van der Waals surface area contributed by atoms with Gasteiger partial charge < -0.3 is 0 Å². The van der Waals surface area contributed by atoms with E-state index in [2.05, 4.69) is 15.3 Å². The van der Waals surface area contributed by atoms with Crippen molar-refractivity contribution in [1.82, 2.24) is 20.0 Å². The fraction of sp³-hybridized carbons (Fsp3) is 0.111. The van der Waals surface area contributed by atoms with E-state index in [-0.39, 0.29) is 0 Å². The molecule has 0 unspecified atom stereocenters. The van der Waals surface area contributed by atoms with Crippen molar-refractivity contribution in [2.24, 2.45) is 0 Å². The fourth-order valence-electron chi connectivity index (χ4n) is 1.10. The standard InChI is InChI=1S/C9H8N4O/c14-7-9-6-13(12-11-9)5-8-3-1-2-4-10-8/h1-4,6-7H,5H2. The van der Waals surface area contributed by atoms with Gasteiger partial charge in [0.1, 0.15) is 5.69 Å². The van der Waals surface area contributed by atoms with Gasteiger partial charge in [0, 0.05) is 6.20 Å². The molecule has 0 aromatic carbocycles. The maximum atomic E-state index is 10.3. The van der Waals surface area contributed by atoms with Crippen molar-refractivity contribution in [2.75, 3.05) is 0 Å². The molecule has 0 aliphatic rings. The van der Waals surface area contributed by atoms with Crippen LogP contribution in [0, 0.1) is 0 Å². The highest BCUT2D eigenvalue weighted by atomic mass is 16.1. The van der Waals surface area contributed by atoms with Crippen LogP contribution in [0.2, 0.25) is 0 Å². The Labute approximate surface area is 80.4 Å². The molecule has 0 atom stereocenters. The van der Waals surface area contributed by atoms with Crippen LogP contribution < -0.4 is 0 Å². The zero-order chi connectivity index (χ0) is 9.80. The highest BCUT2D eigenvalue weighted by molar-refractivity contribution is 5.70. The van der Waals surface area contributed by atoms with E-state index < -0.39 is 0 Å². The molecule has 0 aliphatic carbocycles. The number of carbonyl (C=O) groups excluding carboxylic acids is 1. The first kappa shape index (κ1) is 8.55. The monoisotopic (exact) mass is 188 g/mol. The van der Waals surface area contributed by atoms with Crippen LogP contribution in [-0.2, 0) is 6.54 Å². The molecule has 0 amide bonds. The van der Waals surface area contributed by atoms with Gasteiger partial charge in [0.15, 0.2) is 6.29 Å². The summed E-state index contributed by atoms with van der Waals surface area (Å²) in [6, 6.07) is 5.64. The molecule has 2 heterocycles. The van der Waals surface area contributed by atoms with E-state index >= 15 is 0 Å². The van der Waals surface area contributed by atoms with Gasteiger partial charge in [-0.15, -0.1) is 5.10 Å². The molecular formula is C9H8N4O. The summed E-state index contributed by atoms with van der Waals surface area (Å²) in [6.45, 7) is 0.529. The Hall–Kier alpha value is -2.04. The lowest BCUT2D eigenvalue weighted by molar-refractivity contribution is 0.111. The lowest BCUT2D eigenvalue weighted by atomic mass is 10.3. The minimum Gasteiger partial charge on any atom is -0.296 e. The summed E-state index contributed by atoms with van der Waals surface area (Å²) < 4.78 is 1.58. The van der Waals surface area contributed by atoms with E-state index in [1.807, 2.05) is 18.2 Å². The van der Waals surface area contributed by atoms with Gasteiger partial charge in [-0.05, 0) is 12.1 Å². The normalized spacial score (nSPS) is 10.0. The molecule has 5 heteroatoms. The minimum absolute atomic E-state index is 0.334. The predicted molar refractivity (Wildman–Crippen MR) is 48.7 cm³/mol. The molecule has 0 saturated carbocycles. The van der Waals surface area contributed by atoms with Gasteiger partial charge in [-0.3, -0.25) is 9.78 Å². The van der Waals surface area contributed by atoms with E-state index in [0.29, 0.717) is 18.5 Å². The second-order valence-electron chi connectivity index (χ2n) is 2.78. The predicted octanol–water partition coefficient (Wildman–Crippen LogP) is 0.534. The van der Waals surface area contributed by atoms with Gasteiger partial charge in [-0.25, -0.2) is 4.68 Å². The molecule has 0 N–H and O–H groups in total. The van der Waals surface area contributed by atoms with E-state index in [1.165, 1.54) is 0 Å². The first-order valence-electron chi connectivity index (χ1n) is 4.14. The Morgan fingerprint density at radius 2 is 2.36 bits per heavy atom. The number of carbonyl (C=O) groups is 1. The van der Waals surface area contributed by atoms with Crippen molar-refractivity contribution in [2.45, 2.75) is 6.54 Å². The summed E-state index contributed by atoms with van der Waals surface area (Å²) in [5.74, 6) is 0. The molecule has 0 spiro atoms. The Morgan fingerprint density at radius 1 is 1.43 bits per heavy atom. The quantitative estimate of drug-likeness (QED) is 0.659. The molecular weight excluding hydrogens is 180 g/mol. The molecule has 0 radical (unpaired) electrons. The van der Waals surface area contributed by atoms with Crippen LogP contribution in [0.3, 0.4) is 0 Å². The van der Waals surface area contributed by atoms with Crippen molar-refractivity contribution in [3.05, 3.63) is 42.0 Å². The minimum atomic E-state index is 0.334. The third-order valence-corrected chi connectivity index (χ3v) is 1.73. The lowest BCUT2D eigenvalue weighted by Crippen LogP contribution is -2.01.